The number of rotatable bonds is 5. The molecule has 0 fully saturated rings. The summed E-state index contributed by atoms with van der Waals surface area (Å²) in [5.74, 6) is 5.70. The van der Waals surface area contributed by atoms with Crippen LogP contribution in [0.5, 0.6) is 0 Å². The molecule has 102 valence electrons. The summed E-state index contributed by atoms with van der Waals surface area (Å²) < 4.78 is 2.99. The molecular weight excluding hydrogens is 304 g/mol. The Morgan fingerprint density at radius 2 is 2.05 bits per heavy atom. The van der Waals surface area contributed by atoms with Crippen LogP contribution in [0.2, 0.25) is 0 Å². The van der Waals surface area contributed by atoms with Crippen LogP contribution in [-0.4, -0.2) is 9.78 Å². The Morgan fingerprint density at radius 1 is 1.37 bits per heavy atom. The number of hydrazine groups is 1. The van der Waals surface area contributed by atoms with E-state index in [-0.39, 0.29) is 6.04 Å². The Hall–Kier alpha value is -1.17. The lowest BCUT2D eigenvalue weighted by molar-refractivity contribution is 0.508. The first kappa shape index (κ1) is 14.2. The van der Waals surface area contributed by atoms with Gasteiger partial charge in [-0.3, -0.25) is 16.0 Å². The molecule has 3 N–H and O–H groups in total. The highest BCUT2D eigenvalue weighted by Gasteiger charge is 2.15. The summed E-state index contributed by atoms with van der Waals surface area (Å²) in [7, 11) is 1.96. The second kappa shape index (κ2) is 6.32. The van der Waals surface area contributed by atoms with Crippen LogP contribution in [0.4, 0.5) is 0 Å². The van der Waals surface area contributed by atoms with E-state index < -0.39 is 0 Å². The first-order chi connectivity index (χ1) is 9.13. The number of hydrogen-bond acceptors (Lipinski definition) is 3. The van der Waals surface area contributed by atoms with Gasteiger partial charge in [-0.2, -0.15) is 5.10 Å². The van der Waals surface area contributed by atoms with Gasteiger partial charge in [0, 0.05) is 11.5 Å². The van der Waals surface area contributed by atoms with Gasteiger partial charge in [-0.15, -0.1) is 0 Å². The topological polar surface area (TPSA) is 55.9 Å². The molecule has 0 saturated heterocycles. The number of benzene rings is 1. The zero-order chi connectivity index (χ0) is 13.8. The number of nitrogens with zero attached hydrogens (tertiary/aromatic N) is 2. The number of aryl methyl sites for hydroxylation is 2. The van der Waals surface area contributed by atoms with Gasteiger partial charge in [0.15, 0.2) is 0 Å². The average Bonchev–Trinajstić information content (AvgIpc) is 2.79. The van der Waals surface area contributed by atoms with Crippen LogP contribution in [0.1, 0.15) is 29.9 Å². The van der Waals surface area contributed by atoms with E-state index in [1.54, 1.807) is 0 Å². The van der Waals surface area contributed by atoms with Gasteiger partial charge in [-0.1, -0.05) is 35.0 Å². The average molecular weight is 323 g/mol. The Kier molecular flexibility index (Phi) is 4.74. The van der Waals surface area contributed by atoms with E-state index in [0.29, 0.717) is 0 Å². The Labute approximate surface area is 122 Å². The fourth-order valence-electron chi connectivity index (χ4n) is 2.15. The molecule has 1 aromatic heterocycles. The number of nitrogens with two attached hydrogens (primary N) is 1. The van der Waals surface area contributed by atoms with Crippen LogP contribution < -0.4 is 11.3 Å². The molecule has 0 radical (unpaired) electrons. The van der Waals surface area contributed by atoms with Crippen molar-refractivity contribution in [2.75, 3.05) is 0 Å². The van der Waals surface area contributed by atoms with E-state index in [4.69, 9.17) is 5.84 Å². The predicted molar refractivity (Wildman–Crippen MR) is 80.5 cm³/mol. The van der Waals surface area contributed by atoms with Crippen LogP contribution >= 0.6 is 15.9 Å². The maximum atomic E-state index is 5.70. The molecule has 2 rings (SSSR count). The van der Waals surface area contributed by atoms with Crippen molar-refractivity contribution in [3.8, 4) is 0 Å². The molecule has 19 heavy (non-hydrogen) atoms. The van der Waals surface area contributed by atoms with Crippen LogP contribution in [0.25, 0.3) is 0 Å². The predicted octanol–water partition coefficient (Wildman–Crippen LogP) is 2.49. The number of aromatic nitrogens is 2. The highest BCUT2D eigenvalue weighted by atomic mass is 79.9. The fraction of sp³-hybridized carbons (Fsp3) is 0.357. The largest absolute Gasteiger partial charge is 0.271 e. The zero-order valence-electron chi connectivity index (χ0n) is 11.2. The van der Waals surface area contributed by atoms with Gasteiger partial charge in [0.1, 0.15) is 0 Å². The van der Waals surface area contributed by atoms with Crippen LogP contribution in [0, 0.1) is 0 Å². The third-order valence-corrected chi connectivity index (χ3v) is 3.77. The van der Waals surface area contributed by atoms with Crippen molar-refractivity contribution < 1.29 is 0 Å². The van der Waals surface area contributed by atoms with E-state index in [1.807, 2.05) is 23.9 Å². The summed E-state index contributed by atoms with van der Waals surface area (Å²) in [5.41, 5.74) is 6.33. The van der Waals surface area contributed by atoms with Gasteiger partial charge in [0.25, 0.3) is 0 Å². The van der Waals surface area contributed by atoms with E-state index in [9.17, 15) is 0 Å². The van der Waals surface area contributed by atoms with Crippen LogP contribution in [0.15, 0.2) is 34.8 Å². The van der Waals surface area contributed by atoms with Gasteiger partial charge < -0.3 is 0 Å². The van der Waals surface area contributed by atoms with Crippen molar-refractivity contribution >= 4 is 15.9 Å². The van der Waals surface area contributed by atoms with E-state index in [0.717, 1.165) is 28.7 Å². The standard InChI is InChI=1S/C14H19BrN4/c1-3-12-9-14(19(2)18-12)13(17-16)8-10-4-6-11(15)7-5-10/h4-7,9,13,17H,3,8,16H2,1-2H3. The van der Waals surface area contributed by atoms with Gasteiger partial charge in [-0.05, 0) is 36.6 Å². The first-order valence-electron chi connectivity index (χ1n) is 6.37. The Bertz CT molecular complexity index is 533. The molecule has 0 aliphatic carbocycles. The third kappa shape index (κ3) is 3.43. The summed E-state index contributed by atoms with van der Waals surface area (Å²) in [6.07, 6.45) is 1.77. The minimum atomic E-state index is 0.0685. The summed E-state index contributed by atoms with van der Waals surface area (Å²) in [5, 5.41) is 4.47. The summed E-state index contributed by atoms with van der Waals surface area (Å²) >= 11 is 3.44. The first-order valence-corrected chi connectivity index (χ1v) is 7.16. The lowest BCUT2D eigenvalue weighted by atomic mass is 10.0. The maximum absolute atomic E-state index is 5.70. The summed E-state index contributed by atoms with van der Waals surface area (Å²) in [6, 6.07) is 10.5. The third-order valence-electron chi connectivity index (χ3n) is 3.24. The van der Waals surface area contributed by atoms with E-state index >= 15 is 0 Å². The molecule has 0 saturated carbocycles. The summed E-state index contributed by atoms with van der Waals surface area (Å²) in [6.45, 7) is 2.10. The molecule has 0 aliphatic heterocycles. The van der Waals surface area contributed by atoms with Crippen molar-refractivity contribution in [1.29, 1.82) is 0 Å². The maximum Gasteiger partial charge on any atom is 0.0669 e. The second-order valence-corrected chi connectivity index (χ2v) is 5.50. The minimum Gasteiger partial charge on any atom is -0.271 e. The molecule has 0 amide bonds. The van der Waals surface area contributed by atoms with Gasteiger partial charge in [0.2, 0.25) is 0 Å². The van der Waals surface area contributed by atoms with Crippen LogP contribution in [-0.2, 0) is 19.9 Å². The van der Waals surface area contributed by atoms with Crippen molar-refractivity contribution in [1.82, 2.24) is 15.2 Å². The van der Waals surface area contributed by atoms with Gasteiger partial charge in [0.05, 0.1) is 17.4 Å². The van der Waals surface area contributed by atoms with E-state index in [2.05, 4.69) is 51.6 Å². The molecule has 4 nitrogen and oxygen atoms in total. The molecule has 0 spiro atoms. The van der Waals surface area contributed by atoms with Crippen molar-refractivity contribution in [3.05, 3.63) is 51.8 Å². The molecule has 0 aliphatic rings. The number of halogens is 1. The smallest absolute Gasteiger partial charge is 0.0669 e. The minimum absolute atomic E-state index is 0.0685. The van der Waals surface area contributed by atoms with Gasteiger partial charge in [-0.25, -0.2) is 0 Å². The molecule has 0 bridgehead atoms. The lowest BCUT2D eigenvalue weighted by Crippen LogP contribution is -2.31. The van der Waals surface area contributed by atoms with Gasteiger partial charge >= 0.3 is 0 Å². The summed E-state index contributed by atoms with van der Waals surface area (Å²) in [4.78, 5) is 0. The highest BCUT2D eigenvalue weighted by molar-refractivity contribution is 9.10. The lowest BCUT2D eigenvalue weighted by Gasteiger charge is -2.16. The SMILES string of the molecule is CCc1cc(C(Cc2ccc(Br)cc2)NN)n(C)n1. The normalized spacial score (nSPS) is 12.6. The number of hydrogen-bond donors (Lipinski definition) is 2. The highest BCUT2D eigenvalue weighted by Crippen LogP contribution is 2.20. The molecule has 1 unspecified atom stereocenters. The van der Waals surface area contributed by atoms with Crippen LogP contribution in [0.3, 0.4) is 0 Å². The molecule has 1 aromatic carbocycles. The van der Waals surface area contributed by atoms with E-state index in [1.165, 1.54) is 5.56 Å². The quantitative estimate of drug-likeness (QED) is 0.657. The Balaban J connectivity index is 2.19. The molecule has 2 aromatic rings. The second-order valence-electron chi connectivity index (χ2n) is 4.59. The van der Waals surface area contributed by atoms with Crippen molar-refractivity contribution in [2.45, 2.75) is 25.8 Å². The van der Waals surface area contributed by atoms with Crippen molar-refractivity contribution in [3.63, 3.8) is 0 Å². The molecular formula is C14H19BrN4. The molecule has 1 heterocycles. The fourth-order valence-corrected chi connectivity index (χ4v) is 2.41. The zero-order valence-corrected chi connectivity index (χ0v) is 12.8. The Morgan fingerprint density at radius 3 is 2.58 bits per heavy atom. The van der Waals surface area contributed by atoms with Crippen molar-refractivity contribution in [2.24, 2.45) is 12.9 Å². The number of nitrogens with one attached hydrogen (secondary N) is 1. The monoisotopic (exact) mass is 322 g/mol. The molecule has 1 atom stereocenters. The molecule has 5 heteroatoms.